The summed E-state index contributed by atoms with van der Waals surface area (Å²) in [6.07, 6.45) is 12.2. The maximum atomic E-state index is 11.5. The highest BCUT2D eigenvalue weighted by atomic mass is 28.3. The van der Waals surface area contributed by atoms with Gasteiger partial charge in [-0.2, -0.15) is 0 Å². The molecule has 0 N–H and O–H groups in total. The Hall–Kier alpha value is -0.313. The van der Waals surface area contributed by atoms with Gasteiger partial charge in [0.15, 0.2) is 0 Å². The molecule has 2 nitrogen and oxygen atoms in total. The summed E-state index contributed by atoms with van der Waals surface area (Å²) in [5.41, 5.74) is 0. The topological polar surface area (TPSA) is 26.3 Å². The first-order chi connectivity index (χ1) is 9.45. The highest BCUT2D eigenvalue weighted by Gasteiger charge is 2.13. The predicted molar refractivity (Wildman–Crippen MR) is 91.0 cm³/mol. The molecule has 0 heterocycles. The highest BCUT2D eigenvalue weighted by molar-refractivity contribution is 6.76. The number of ether oxygens (including phenoxy) is 1. The van der Waals surface area contributed by atoms with Crippen LogP contribution in [0.4, 0.5) is 0 Å². The molecule has 0 saturated carbocycles. The molecule has 0 aromatic carbocycles. The maximum absolute atomic E-state index is 11.5. The second-order valence-electron chi connectivity index (χ2n) is 7.11. The Morgan fingerprint density at radius 2 is 1.35 bits per heavy atom. The molecule has 0 unspecified atom stereocenters. The van der Waals surface area contributed by atoms with Crippen LogP contribution in [0.25, 0.3) is 0 Å². The molecule has 0 atom stereocenters. The zero-order valence-corrected chi connectivity index (χ0v) is 15.3. The van der Waals surface area contributed by atoms with E-state index in [-0.39, 0.29) is 5.97 Å². The van der Waals surface area contributed by atoms with Crippen LogP contribution in [0.5, 0.6) is 0 Å². The van der Waals surface area contributed by atoms with Crippen molar-refractivity contribution in [2.75, 3.05) is 6.61 Å². The van der Waals surface area contributed by atoms with E-state index in [2.05, 4.69) is 26.6 Å². The fourth-order valence-corrected chi connectivity index (χ4v) is 2.84. The Morgan fingerprint density at radius 3 is 1.85 bits per heavy atom. The van der Waals surface area contributed by atoms with Crippen molar-refractivity contribution in [2.45, 2.75) is 96.8 Å². The van der Waals surface area contributed by atoms with Crippen LogP contribution in [-0.2, 0) is 9.53 Å². The summed E-state index contributed by atoms with van der Waals surface area (Å²) >= 11 is 0. The van der Waals surface area contributed by atoms with Gasteiger partial charge in [-0.15, -0.1) is 0 Å². The van der Waals surface area contributed by atoms with Gasteiger partial charge in [0, 0.05) is 14.5 Å². The number of unbranched alkanes of at least 4 members (excludes halogenated alkanes) is 8. The SMILES string of the molecule is CCCCCCCCCCCC(=O)OCC[Si](C)(C)C. The van der Waals surface area contributed by atoms with Crippen LogP contribution in [0.1, 0.15) is 71.1 Å². The van der Waals surface area contributed by atoms with E-state index in [1.807, 2.05) is 0 Å². The molecule has 0 aliphatic carbocycles. The number of esters is 1. The summed E-state index contributed by atoms with van der Waals surface area (Å²) in [5.74, 6) is 0.00574. The normalized spacial score (nSPS) is 11.6. The lowest BCUT2D eigenvalue weighted by molar-refractivity contribution is -0.143. The van der Waals surface area contributed by atoms with Crippen molar-refractivity contribution >= 4 is 14.0 Å². The first-order valence-corrected chi connectivity index (χ1v) is 12.3. The van der Waals surface area contributed by atoms with Crippen molar-refractivity contribution in [1.29, 1.82) is 0 Å². The third-order valence-electron chi connectivity index (χ3n) is 3.60. The van der Waals surface area contributed by atoms with Crippen LogP contribution in [0.15, 0.2) is 0 Å². The van der Waals surface area contributed by atoms with Crippen LogP contribution in [-0.4, -0.2) is 20.7 Å². The van der Waals surface area contributed by atoms with Crippen molar-refractivity contribution in [3.05, 3.63) is 0 Å². The summed E-state index contributed by atoms with van der Waals surface area (Å²) in [4.78, 5) is 11.5. The smallest absolute Gasteiger partial charge is 0.305 e. The Kier molecular flexibility index (Phi) is 12.2. The lowest BCUT2D eigenvalue weighted by atomic mass is 10.1. The predicted octanol–water partition coefficient (Wildman–Crippen LogP) is 5.79. The van der Waals surface area contributed by atoms with E-state index in [0.717, 1.165) is 12.5 Å². The van der Waals surface area contributed by atoms with E-state index >= 15 is 0 Å². The lowest BCUT2D eigenvalue weighted by Crippen LogP contribution is -2.22. The first-order valence-electron chi connectivity index (χ1n) is 8.61. The van der Waals surface area contributed by atoms with Crippen molar-refractivity contribution in [3.63, 3.8) is 0 Å². The quantitative estimate of drug-likeness (QED) is 0.244. The summed E-state index contributed by atoms with van der Waals surface area (Å²) < 4.78 is 5.29. The fourth-order valence-electron chi connectivity index (χ4n) is 2.12. The standard InChI is InChI=1S/C17H36O2Si/c1-5-6-7-8-9-10-11-12-13-14-17(18)19-15-16-20(2,3)4/h5-16H2,1-4H3. The second kappa shape index (κ2) is 12.4. The molecule has 120 valence electrons. The Morgan fingerprint density at radius 1 is 0.850 bits per heavy atom. The van der Waals surface area contributed by atoms with Crippen LogP contribution in [0.2, 0.25) is 25.7 Å². The molecule has 0 bridgehead atoms. The zero-order chi connectivity index (χ0) is 15.3. The highest BCUT2D eigenvalue weighted by Crippen LogP contribution is 2.11. The third-order valence-corrected chi connectivity index (χ3v) is 5.30. The Labute approximate surface area is 127 Å². The zero-order valence-electron chi connectivity index (χ0n) is 14.3. The monoisotopic (exact) mass is 300 g/mol. The summed E-state index contributed by atoms with van der Waals surface area (Å²) in [7, 11) is -1.06. The van der Waals surface area contributed by atoms with E-state index in [1.54, 1.807) is 0 Å². The van der Waals surface area contributed by atoms with Crippen LogP contribution in [0.3, 0.4) is 0 Å². The number of carbonyl (C=O) groups is 1. The summed E-state index contributed by atoms with van der Waals surface area (Å²) in [5, 5.41) is 0. The van der Waals surface area contributed by atoms with E-state index in [9.17, 15) is 4.79 Å². The molecule has 0 aliphatic rings. The molecule has 0 aromatic heterocycles. The minimum absolute atomic E-state index is 0.00574. The molecule has 0 fully saturated rings. The fraction of sp³-hybridized carbons (Fsp3) is 0.941. The van der Waals surface area contributed by atoms with Gasteiger partial charge in [-0.1, -0.05) is 77.9 Å². The summed E-state index contributed by atoms with van der Waals surface area (Å²) in [6.45, 7) is 9.80. The Bertz CT molecular complexity index is 234. The molecule has 0 spiro atoms. The average Bonchev–Trinajstić information content (AvgIpc) is 2.35. The molecular weight excluding hydrogens is 264 g/mol. The van der Waals surface area contributed by atoms with Crippen molar-refractivity contribution in [2.24, 2.45) is 0 Å². The molecule has 0 radical (unpaired) electrons. The van der Waals surface area contributed by atoms with Gasteiger partial charge in [0.05, 0.1) is 6.61 Å². The van der Waals surface area contributed by atoms with E-state index in [1.165, 1.54) is 51.4 Å². The van der Waals surface area contributed by atoms with Gasteiger partial charge in [-0.3, -0.25) is 4.79 Å². The van der Waals surface area contributed by atoms with Crippen LogP contribution >= 0.6 is 0 Å². The van der Waals surface area contributed by atoms with E-state index in [4.69, 9.17) is 4.74 Å². The van der Waals surface area contributed by atoms with Crippen LogP contribution in [0, 0.1) is 0 Å². The first kappa shape index (κ1) is 19.7. The van der Waals surface area contributed by atoms with Gasteiger partial charge >= 0.3 is 5.97 Å². The molecule has 0 aromatic rings. The number of carbonyl (C=O) groups excluding carboxylic acids is 1. The minimum Gasteiger partial charge on any atom is -0.466 e. The number of hydrogen-bond donors (Lipinski definition) is 0. The molecule has 20 heavy (non-hydrogen) atoms. The molecule has 0 saturated heterocycles. The average molecular weight is 301 g/mol. The summed E-state index contributed by atoms with van der Waals surface area (Å²) in [6, 6.07) is 1.08. The second-order valence-corrected chi connectivity index (χ2v) is 12.7. The van der Waals surface area contributed by atoms with Gasteiger partial charge in [0.25, 0.3) is 0 Å². The molecular formula is C17H36O2Si. The molecule has 0 aliphatic heterocycles. The Balaban J connectivity index is 3.23. The van der Waals surface area contributed by atoms with Crippen LogP contribution < -0.4 is 0 Å². The van der Waals surface area contributed by atoms with Gasteiger partial charge in [0.2, 0.25) is 0 Å². The molecule has 0 rings (SSSR count). The largest absolute Gasteiger partial charge is 0.466 e. The third kappa shape index (κ3) is 15.7. The van der Waals surface area contributed by atoms with Gasteiger partial charge in [-0.25, -0.2) is 0 Å². The number of hydrogen-bond acceptors (Lipinski definition) is 2. The van der Waals surface area contributed by atoms with E-state index < -0.39 is 8.07 Å². The van der Waals surface area contributed by atoms with Crippen molar-refractivity contribution in [3.8, 4) is 0 Å². The van der Waals surface area contributed by atoms with Gasteiger partial charge in [0.1, 0.15) is 0 Å². The number of rotatable bonds is 13. The lowest BCUT2D eigenvalue weighted by Gasteiger charge is -2.15. The minimum atomic E-state index is -1.06. The molecule has 3 heteroatoms. The van der Waals surface area contributed by atoms with Crippen molar-refractivity contribution in [1.82, 2.24) is 0 Å². The van der Waals surface area contributed by atoms with E-state index in [0.29, 0.717) is 13.0 Å². The van der Waals surface area contributed by atoms with Gasteiger partial charge < -0.3 is 4.74 Å². The van der Waals surface area contributed by atoms with Gasteiger partial charge in [-0.05, 0) is 12.5 Å². The maximum Gasteiger partial charge on any atom is 0.305 e. The van der Waals surface area contributed by atoms with Crippen molar-refractivity contribution < 1.29 is 9.53 Å². The molecule has 0 amide bonds.